The van der Waals surface area contributed by atoms with Gasteiger partial charge < -0.3 is 0 Å². The Hall–Kier alpha value is -0.0400. The fourth-order valence-corrected chi connectivity index (χ4v) is 1.87. The van der Waals surface area contributed by atoms with Crippen molar-refractivity contribution in [2.45, 2.75) is 58.9 Å². The first-order valence-electron chi connectivity index (χ1n) is 5.14. The van der Waals surface area contributed by atoms with Gasteiger partial charge in [-0.3, -0.25) is 4.90 Å². The van der Waals surface area contributed by atoms with Crippen LogP contribution in [0.25, 0.3) is 0 Å². The molecule has 0 aliphatic rings. The second-order valence-corrected chi connectivity index (χ2v) is 3.36. The smallest absolute Gasteiger partial charge is 0.0614 e. The van der Waals surface area contributed by atoms with E-state index in [0.29, 0.717) is 5.54 Å². The van der Waals surface area contributed by atoms with Crippen LogP contribution in [0.1, 0.15) is 53.4 Å². The fraction of sp³-hybridized carbons (Fsp3) is 0.909. The van der Waals surface area contributed by atoms with Crippen molar-refractivity contribution in [1.29, 1.82) is 0 Å². The van der Waals surface area contributed by atoms with Gasteiger partial charge in [-0.05, 0) is 32.7 Å². The molecule has 12 heavy (non-hydrogen) atoms. The van der Waals surface area contributed by atoms with Gasteiger partial charge in [0.2, 0.25) is 0 Å². The molecule has 0 aromatic rings. The van der Waals surface area contributed by atoms with Crippen LogP contribution < -0.4 is 0 Å². The topological polar surface area (TPSA) is 3.24 Å². The SMILES string of the molecule is CC[C]N(C)C(CC)(CC)CC. The minimum absolute atomic E-state index is 0.357. The zero-order chi connectivity index (χ0) is 9.61. The van der Waals surface area contributed by atoms with Gasteiger partial charge in [0, 0.05) is 5.54 Å². The lowest BCUT2D eigenvalue weighted by Gasteiger charge is -2.39. The van der Waals surface area contributed by atoms with Crippen molar-refractivity contribution < 1.29 is 0 Å². The Labute approximate surface area is 78.1 Å². The average Bonchev–Trinajstić information content (AvgIpc) is 2.09. The number of nitrogens with zero attached hydrogens (tertiary/aromatic N) is 1. The highest BCUT2D eigenvalue weighted by molar-refractivity contribution is 4.88. The lowest BCUT2D eigenvalue weighted by molar-refractivity contribution is 0.132. The molecule has 0 fully saturated rings. The third kappa shape index (κ3) is 2.48. The van der Waals surface area contributed by atoms with E-state index < -0.39 is 0 Å². The monoisotopic (exact) mass is 169 g/mol. The van der Waals surface area contributed by atoms with Crippen molar-refractivity contribution >= 4 is 0 Å². The lowest BCUT2D eigenvalue weighted by atomic mass is 9.88. The van der Waals surface area contributed by atoms with Gasteiger partial charge in [0.05, 0.1) is 6.54 Å². The molecule has 0 rings (SSSR count). The molecule has 1 nitrogen and oxygen atoms in total. The van der Waals surface area contributed by atoms with Crippen LogP contribution in [0.3, 0.4) is 0 Å². The number of rotatable bonds is 6. The second kappa shape index (κ2) is 5.58. The predicted octanol–water partition coefficient (Wildman–Crippen LogP) is 3.34. The van der Waals surface area contributed by atoms with E-state index in [9.17, 15) is 0 Å². The molecule has 2 radical (unpaired) electrons. The maximum atomic E-state index is 3.37. The molecule has 0 N–H and O–H groups in total. The standard InChI is InChI=1S/C11H23N/c1-6-10-12(5)11(7-2,8-3)9-4/h6-9H2,1-5H3. The molecule has 0 aromatic heterocycles. The molecule has 0 aliphatic heterocycles. The van der Waals surface area contributed by atoms with Gasteiger partial charge in [-0.1, -0.05) is 27.7 Å². The maximum absolute atomic E-state index is 3.37. The van der Waals surface area contributed by atoms with Gasteiger partial charge in [-0.2, -0.15) is 0 Å². The summed E-state index contributed by atoms with van der Waals surface area (Å²) in [6.45, 7) is 12.3. The van der Waals surface area contributed by atoms with Crippen LogP contribution in [0.15, 0.2) is 0 Å². The van der Waals surface area contributed by atoms with Gasteiger partial charge in [-0.25, -0.2) is 0 Å². The highest BCUT2D eigenvalue weighted by atomic mass is 15.2. The van der Waals surface area contributed by atoms with Crippen molar-refractivity contribution in [1.82, 2.24) is 4.90 Å². The molecule has 0 aliphatic carbocycles. The molecule has 0 bridgehead atoms. The Morgan fingerprint density at radius 3 is 1.67 bits per heavy atom. The normalized spacial score (nSPS) is 12.5. The summed E-state index contributed by atoms with van der Waals surface area (Å²) in [5.74, 6) is 0. The van der Waals surface area contributed by atoms with Gasteiger partial charge in [0.15, 0.2) is 0 Å². The summed E-state index contributed by atoms with van der Waals surface area (Å²) in [6.07, 6.45) is 4.65. The zero-order valence-corrected chi connectivity index (χ0v) is 9.28. The van der Waals surface area contributed by atoms with Crippen LogP contribution in [0, 0.1) is 6.54 Å². The largest absolute Gasteiger partial charge is 0.291 e. The van der Waals surface area contributed by atoms with Crippen molar-refractivity contribution in [3.05, 3.63) is 6.54 Å². The van der Waals surface area contributed by atoms with E-state index in [1.54, 1.807) is 0 Å². The molecule has 72 valence electrons. The lowest BCUT2D eigenvalue weighted by Crippen LogP contribution is -2.43. The van der Waals surface area contributed by atoms with Crippen molar-refractivity contribution in [3.63, 3.8) is 0 Å². The summed E-state index contributed by atoms with van der Waals surface area (Å²) in [6, 6.07) is 0. The first-order valence-corrected chi connectivity index (χ1v) is 5.14. The fourth-order valence-electron chi connectivity index (χ4n) is 1.87. The minimum atomic E-state index is 0.357. The summed E-state index contributed by atoms with van der Waals surface area (Å²) in [7, 11) is 2.15. The van der Waals surface area contributed by atoms with E-state index in [-0.39, 0.29) is 0 Å². The van der Waals surface area contributed by atoms with Gasteiger partial charge in [-0.15, -0.1) is 0 Å². The Bertz CT molecular complexity index is 97.3. The molecular weight excluding hydrogens is 146 g/mol. The maximum Gasteiger partial charge on any atom is 0.0614 e. The van der Waals surface area contributed by atoms with E-state index in [1.807, 2.05) is 0 Å². The third-order valence-corrected chi connectivity index (χ3v) is 3.08. The summed E-state index contributed by atoms with van der Waals surface area (Å²) in [5, 5.41) is 0. The van der Waals surface area contributed by atoms with Crippen molar-refractivity contribution in [3.8, 4) is 0 Å². The molecule has 0 saturated heterocycles. The van der Waals surface area contributed by atoms with Crippen molar-refractivity contribution in [2.24, 2.45) is 0 Å². The predicted molar refractivity (Wildman–Crippen MR) is 54.9 cm³/mol. The van der Waals surface area contributed by atoms with Crippen LogP contribution >= 0.6 is 0 Å². The molecule has 0 atom stereocenters. The summed E-state index contributed by atoms with van der Waals surface area (Å²) >= 11 is 0. The van der Waals surface area contributed by atoms with Crippen LogP contribution in [0.2, 0.25) is 0 Å². The van der Waals surface area contributed by atoms with Crippen LogP contribution in [-0.4, -0.2) is 17.5 Å². The molecule has 1 heteroatoms. The van der Waals surface area contributed by atoms with E-state index in [4.69, 9.17) is 0 Å². The Balaban J connectivity index is 4.24. The van der Waals surface area contributed by atoms with Crippen LogP contribution in [0.4, 0.5) is 0 Å². The van der Waals surface area contributed by atoms with Crippen LogP contribution in [0.5, 0.6) is 0 Å². The molecule has 0 aromatic carbocycles. The minimum Gasteiger partial charge on any atom is -0.291 e. The van der Waals surface area contributed by atoms with E-state index >= 15 is 0 Å². The Kier molecular flexibility index (Phi) is 5.56. The zero-order valence-electron chi connectivity index (χ0n) is 9.28. The summed E-state index contributed by atoms with van der Waals surface area (Å²) < 4.78 is 0. The highest BCUT2D eigenvalue weighted by Gasteiger charge is 2.28. The molecule has 0 unspecified atom stereocenters. The molecule has 0 spiro atoms. The van der Waals surface area contributed by atoms with Crippen molar-refractivity contribution in [2.75, 3.05) is 7.05 Å². The number of hydrogen-bond donors (Lipinski definition) is 0. The molecular formula is C11H23N. The summed E-state index contributed by atoms with van der Waals surface area (Å²) in [5.41, 5.74) is 0.357. The third-order valence-electron chi connectivity index (χ3n) is 3.08. The molecule has 0 saturated carbocycles. The Morgan fingerprint density at radius 2 is 1.42 bits per heavy atom. The van der Waals surface area contributed by atoms with E-state index in [1.165, 1.54) is 19.3 Å². The summed E-state index contributed by atoms with van der Waals surface area (Å²) in [4.78, 5) is 2.28. The van der Waals surface area contributed by atoms with Crippen LogP contribution in [-0.2, 0) is 0 Å². The number of hydrogen-bond acceptors (Lipinski definition) is 1. The first-order chi connectivity index (χ1) is 5.66. The Morgan fingerprint density at radius 1 is 1.00 bits per heavy atom. The molecule has 0 amide bonds. The quantitative estimate of drug-likeness (QED) is 0.551. The van der Waals surface area contributed by atoms with Gasteiger partial charge in [0.1, 0.15) is 0 Å². The highest BCUT2D eigenvalue weighted by Crippen LogP contribution is 2.27. The van der Waals surface area contributed by atoms with Gasteiger partial charge in [0.25, 0.3) is 0 Å². The first kappa shape index (κ1) is 12.0. The van der Waals surface area contributed by atoms with E-state index in [0.717, 1.165) is 6.42 Å². The van der Waals surface area contributed by atoms with E-state index in [2.05, 4.69) is 46.2 Å². The molecule has 0 heterocycles. The van der Waals surface area contributed by atoms with Gasteiger partial charge >= 0.3 is 0 Å². The average molecular weight is 169 g/mol. The second-order valence-electron chi connectivity index (χ2n) is 3.36.